The zero-order valence-corrected chi connectivity index (χ0v) is 12.7. The van der Waals surface area contributed by atoms with Gasteiger partial charge in [0.1, 0.15) is 12.1 Å². The Morgan fingerprint density at radius 3 is 2.71 bits per heavy atom. The van der Waals surface area contributed by atoms with Crippen molar-refractivity contribution in [3.05, 3.63) is 65.0 Å². The Morgan fingerprint density at radius 1 is 1.17 bits per heavy atom. The molecule has 0 amide bonds. The van der Waals surface area contributed by atoms with Crippen LogP contribution >= 0.6 is 0 Å². The smallest absolute Gasteiger partial charge is 0.271 e. The fourth-order valence-corrected chi connectivity index (χ4v) is 2.68. The number of benzene rings is 2. The van der Waals surface area contributed by atoms with Crippen LogP contribution in [0.2, 0.25) is 0 Å². The van der Waals surface area contributed by atoms with Crippen LogP contribution in [-0.4, -0.2) is 31.6 Å². The summed E-state index contributed by atoms with van der Waals surface area (Å²) in [6, 6.07) is 14.4. The predicted octanol–water partition coefficient (Wildman–Crippen LogP) is 2.95. The molecule has 2 aromatic heterocycles. The van der Waals surface area contributed by atoms with Gasteiger partial charge in [0.2, 0.25) is 0 Å². The number of nitro groups is 1. The van der Waals surface area contributed by atoms with Crippen molar-refractivity contribution in [2.45, 2.75) is 0 Å². The number of para-hydroxylation sites is 1. The summed E-state index contributed by atoms with van der Waals surface area (Å²) in [7, 11) is 1.89. The van der Waals surface area contributed by atoms with E-state index in [0.717, 1.165) is 11.1 Å². The number of hydrogen-bond acceptors (Lipinski definition) is 6. The summed E-state index contributed by atoms with van der Waals surface area (Å²) in [5.74, 6) is 1.05. The zero-order valence-electron chi connectivity index (χ0n) is 12.7. The minimum absolute atomic E-state index is 0.0111. The van der Waals surface area contributed by atoms with E-state index in [0.29, 0.717) is 17.1 Å². The molecule has 2 aromatic carbocycles. The van der Waals surface area contributed by atoms with Crippen LogP contribution in [0.1, 0.15) is 0 Å². The van der Waals surface area contributed by atoms with E-state index in [2.05, 4.69) is 15.2 Å². The quantitative estimate of drug-likeness (QED) is 0.426. The average Bonchev–Trinajstić information content (AvgIpc) is 3.09. The number of hydrogen-bond donors (Lipinski definition) is 0. The SMILES string of the molecule is CN(c1ccccc1)c1nc2nncn2c2cc([N+](=O)[O-])ccc12. The minimum Gasteiger partial charge on any atom is -0.329 e. The molecule has 0 fully saturated rings. The molecule has 0 radical (unpaired) electrons. The molecule has 0 saturated carbocycles. The van der Waals surface area contributed by atoms with Crippen LogP contribution in [0.25, 0.3) is 16.7 Å². The lowest BCUT2D eigenvalue weighted by molar-refractivity contribution is -0.384. The Hall–Kier alpha value is -3.55. The summed E-state index contributed by atoms with van der Waals surface area (Å²) >= 11 is 0. The second-order valence-electron chi connectivity index (χ2n) is 5.29. The maximum Gasteiger partial charge on any atom is 0.271 e. The standard InChI is InChI=1S/C16H12N6O2/c1-20(11-5-3-2-4-6-11)15-13-8-7-12(22(23)24)9-14(13)21-10-17-19-16(21)18-15/h2-10H,1H3. The lowest BCUT2D eigenvalue weighted by Crippen LogP contribution is -2.13. The lowest BCUT2D eigenvalue weighted by atomic mass is 10.2. The van der Waals surface area contributed by atoms with Gasteiger partial charge in [-0.2, -0.15) is 4.98 Å². The number of fused-ring (bicyclic) bond motifs is 3. The zero-order chi connectivity index (χ0) is 16.7. The molecule has 0 bridgehead atoms. The largest absolute Gasteiger partial charge is 0.329 e. The lowest BCUT2D eigenvalue weighted by Gasteiger charge is -2.20. The van der Waals surface area contributed by atoms with E-state index in [1.165, 1.54) is 18.5 Å². The Bertz CT molecular complexity index is 1060. The van der Waals surface area contributed by atoms with E-state index in [9.17, 15) is 10.1 Å². The highest BCUT2D eigenvalue weighted by molar-refractivity contribution is 5.94. The molecule has 0 aliphatic carbocycles. The molecule has 8 heteroatoms. The highest BCUT2D eigenvalue weighted by Crippen LogP contribution is 2.31. The Morgan fingerprint density at radius 2 is 1.96 bits per heavy atom. The van der Waals surface area contributed by atoms with Gasteiger partial charge in [-0.3, -0.25) is 14.5 Å². The molecule has 0 spiro atoms. The molecule has 24 heavy (non-hydrogen) atoms. The van der Waals surface area contributed by atoms with Crippen LogP contribution in [0.5, 0.6) is 0 Å². The van der Waals surface area contributed by atoms with E-state index in [1.54, 1.807) is 10.5 Å². The van der Waals surface area contributed by atoms with Crippen molar-refractivity contribution in [2.24, 2.45) is 0 Å². The Kier molecular flexibility index (Phi) is 3.09. The van der Waals surface area contributed by atoms with Crippen molar-refractivity contribution in [1.82, 2.24) is 19.6 Å². The molecule has 0 atom stereocenters. The maximum absolute atomic E-state index is 11.1. The van der Waals surface area contributed by atoms with Crippen molar-refractivity contribution in [3.63, 3.8) is 0 Å². The highest BCUT2D eigenvalue weighted by Gasteiger charge is 2.17. The van der Waals surface area contributed by atoms with Gasteiger partial charge in [-0.05, 0) is 18.2 Å². The third kappa shape index (κ3) is 2.12. The first-order valence-electron chi connectivity index (χ1n) is 7.22. The Labute approximate surface area is 136 Å². The van der Waals surface area contributed by atoms with E-state index in [-0.39, 0.29) is 5.69 Å². The van der Waals surface area contributed by atoms with Gasteiger partial charge in [0.05, 0.1) is 10.4 Å². The molecule has 118 valence electrons. The van der Waals surface area contributed by atoms with Crippen molar-refractivity contribution in [2.75, 3.05) is 11.9 Å². The van der Waals surface area contributed by atoms with Crippen molar-refractivity contribution in [1.29, 1.82) is 0 Å². The van der Waals surface area contributed by atoms with E-state index < -0.39 is 4.92 Å². The van der Waals surface area contributed by atoms with E-state index >= 15 is 0 Å². The molecule has 4 aromatic rings. The molecule has 0 aliphatic rings. The maximum atomic E-state index is 11.1. The number of non-ortho nitro benzene ring substituents is 1. The molecular weight excluding hydrogens is 308 g/mol. The van der Waals surface area contributed by atoms with Crippen LogP contribution in [-0.2, 0) is 0 Å². The summed E-state index contributed by atoms with van der Waals surface area (Å²) in [5.41, 5.74) is 1.60. The number of rotatable bonds is 3. The topological polar surface area (TPSA) is 89.5 Å². The van der Waals surface area contributed by atoms with E-state index in [4.69, 9.17) is 0 Å². The van der Waals surface area contributed by atoms with Gasteiger partial charge in [0.15, 0.2) is 0 Å². The third-order valence-electron chi connectivity index (χ3n) is 3.89. The van der Waals surface area contributed by atoms with Crippen molar-refractivity contribution in [3.8, 4) is 0 Å². The molecule has 0 N–H and O–H groups in total. The van der Waals surface area contributed by atoms with Gasteiger partial charge in [-0.1, -0.05) is 18.2 Å². The van der Waals surface area contributed by atoms with Crippen LogP contribution in [0.15, 0.2) is 54.9 Å². The number of nitro benzene ring substituents is 1. The first kappa shape index (κ1) is 14.1. The number of nitrogens with zero attached hydrogens (tertiary/aromatic N) is 6. The second kappa shape index (κ2) is 5.27. The van der Waals surface area contributed by atoms with Gasteiger partial charge in [-0.15, -0.1) is 10.2 Å². The van der Waals surface area contributed by atoms with Crippen molar-refractivity contribution < 1.29 is 4.92 Å². The van der Waals surface area contributed by atoms with Crippen molar-refractivity contribution >= 4 is 33.9 Å². The average molecular weight is 320 g/mol. The fourth-order valence-electron chi connectivity index (χ4n) is 2.68. The molecule has 0 saturated heterocycles. The number of anilines is 2. The van der Waals surface area contributed by atoms with Gasteiger partial charge in [-0.25, -0.2) is 0 Å². The first-order valence-corrected chi connectivity index (χ1v) is 7.22. The summed E-state index contributed by atoms with van der Waals surface area (Å²) in [6.07, 6.45) is 1.50. The fraction of sp³-hybridized carbons (Fsp3) is 0.0625. The van der Waals surface area contributed by atoms with E-state index in [1.807, 2.05) is 42.3 Å². The van der Waals surface area contributed by atoms with Crippen LogP contribution in [0, 0.1) is 10.1 Å². The first-order chi connectivity index (χ1) is 11.6. The van der Waals surface area contributed by atoms with Gasteiger partial charge < -0.3 is 4.90 Å². The molecule has 0 aliphatic heterocycles. The molecule has 0 unspecified atom stereocenters. The second-order valence-corrected chi connectivity index (χ2v) is 5.29. The van der Waals surface area contributed by atoms with Gasteiger partial charge >= 0.3 is 0 Å². The summed E-state index contributed by atoms with van der Waals surface area (Å²) in [4.78, 5) is 17.2. The van der Waals surface area contributed by atoms with Crippen LogP contribution in [0.4, 0.5) is 17.2 Å². The minimum atomic E-state index is -0.420. The summed E-state index contributed by atoms with van der Waals surface area (Å²) in [6.45, 7) is 0. The molecule has 2 heterocycles. The highest BCUT2D eigenvalue weighted by atomic mass is 16.6. The monoisotopic (exact) mass is 320 g/mol. The Balaban J connectivity index is 2.02. The van der Waals surface area contributed by atoms with Crippen LogP contribution in [0.3, 0.4) is 0 Å². The normalized spacial score (nSPS) is 11.0. The predicted molar refractivity (Wildman–Crippen MR) is 89.4 cm³/mol. The van der Waals surface area contributed by atoms with Crippen LogP contribution < -0.4 is 4.90 Å². The van der Waals surface area contributed by atoms with Gasteiger partial charge in [0.25, 0.3) is 11.5 Å². The van der Waals surface area contributed by atoms with Gasteiger partial charge in [0, 0.05) is 30.3 Å². The third-order valence-corrected chi connectivity index (χ3v) is 3.89. The molecule has 8 nitrogen and oxygen atoms in total. The number of aromatic nitrogens is 4. The molecular formula is C16H12N6O2. The summed E-state index contributed by atoms with van der Waals surface area (Å²) in [5, 5.41) is 19.7. The summed E-state index contributed by atoms with van der Waals surface area (Å²) < 4.78 is 1.64. The molecule has 4 rings (SSSR count).